The number of imidazole rings is 2. The minimum atomic E-state index is 0.387. The molecule has 2 aliphatic carbocycles. The molecule has 0 aliphatic heterocycles. The maximum Gasteiger partial charge on any atom is 0.164 e. The zero-order valence-electron chi connectivity index (χ0n) is 32.3. The number of benzene rings is 2. The van der Waals surface area contributed by atoms with Crippen molar-refractivity contribution in [1.82, 2.24) is 39.4 Å². The van der Waals surface area contributed by atoms with Gasteiger partial charge in [0.15, 0.2) is 11.3 Å². The predicted molar refractivity (Wildman–Crippen MR) is 227 cm³/mol. The Labute approximate surface area is 326 Å². The minimum Gasteiger partial charge on any atom is -0.340 e. The molecule has 7 aromatic rings. The van der Waals surface area contributed by atoms with Crippen LogP contribution in [0.3, 0.4) is 0 Å². The number of para-hydroxylation sites is 1. The number of aromatic nitrogens is 7. The van der Waals surface area contributed by atoms with Gasteiger partial charge in [-0.15, -0.1) is 0 Å². The average Bonchev–Trinajstić information content (AvgIpc) is 3.80. The molecule has 1 N–H and O–H groups in total. The molecule has 0 radical (unpaired) electrons. The van der Waals surface area contributed by atoms with Crippen LogP contribution in [0.4, 0.5) is 5.69 Å². The summed E-state index contributed by atoms with van der Waals surface area (Å²) in [5.41, 5.74) is 14.4. The van der Waals surface area contributed by atoms with Crippen molar-refractivity contribution in [1.29, 1.82) is 0 Å². The number of rotatable bonds is 7. The lowest BCUT2D eigenvalue weighted by atomic mass is 9.92. The minimum absolute atomic E-state index is 0.387. The summed E-state index contributed by atoms with van der Waals surface area (Å²) < 4.78 is 4.39. The fraction of sp³-hybridized carbons (Fsp3) is 0.191. The molecule has 5 heterocycles. The van der Waals surface area contributed by atoms with Crippen LogP contribution >= 0.6 is 0 Å². The summed E-state index contributed by atoms with van der Waals surface area (Å²) in [5.74, 6) is 2.64. The van der Waals surface area contributed by atoms with Gasteiger partial charge in [-0.2, -0.15) is 0 Å². The largest absolute Gasteiger partial charge is 0.340 e. The number of aryl methyl sites for hydroxylation is 2. The summed E-state index contributed by atoms with van der Waals surface area (Å²) in [5, 5.41) is 3.77. The van der Waals surface area contributed by atoms with Crippen molar-refractivity contribution >= 4 is 39.5 Å². The van der Waals surface area contributed by atoms with Crippen molar-refractivity contribution in [2.75, 3.05) is 0 Å². The second kappa shape index (κ2) is 14.5. The van der Waals surface area contributed by atoms with E-state index in [1.165, 1.54) is 11.1 Å². The smallest absolute Gasteiger partial charge is 0.164 e. The summed E-state index contributed by atoms with van der Waals surface area (Å²) in [6.07, 6.45) is 17.3. The van der Waals surface area contributed by atoms with Crippen LogP contribution in [-0.2, 0) is 0 Å². The number of allylic oxidation sites excluding steroid dienone is 7. The third-order valence-corrected chi connectivity index (χ3v) is 11.0. The highest BCUT2D eigenvalue weighted by molar-refractivity contribution is 6.04. The molecule has 56 heavy (non-hydrogen) atoms. The maximum atomic E-state index is 5.32. The van der Waals surface area contributed by atoms with Crippen LogP contribution in [0.1, 0.15) is 56.9 Å². The number of nitrogens with zero attached hydrogens (tertiary/aromatic N) is 8. The second-order valence-electron chi connectivity index (χ2n) is 14.8. The first-order chi connectivity index (χ1) is 27.3. The van der Waals surface area contributed by atoms with Gasteiger partial charge in [0.05, 0.1) is 17.1 Å². The summed E-state index contributed by atoms with van der Waals surface area (Å²) in [4.78, 5) is 30.3. The molecule has 0 unspecified atom stereocenters. The van der Waals surface area contributed by atoms with Gasteiger partial charge in [-0.25, -0.2) is 24.9 Å². The molecule has 9 nitrogen and oxygen atoms in total. The van der Waals surface area contributed by atoms with Crippen molar-refractivity contribution in [3.8, 4) is 28.5 Å². The topological polar surface area (TPSA) is 98.7 Å². The van der Waals surface area contributed by atoms with Gasteiger partial charge in [-0.1, -0.05) is 37.3 Å². The maximum absolute atomic E-state index is 5.32. The lowest BCUT2D eigenvalue weighted by Gasteiger charge is -2.22. The monoisotopic (exact) mass is 733 g/mol. The third kappa shape index (κ3) is 6.34. The molecule has 276 valence electrons. The zero-order chi connectivity index (χ0) is 38.3. The fourth-order valence-electron chi connectivity index (χ4n) is 7.63. The van der Waals surface area contributed by atoms with Gasteiger partial charge in [0.2, 0.25) is 0 Å². The Morgan fingerprint density at radius 2 is 1.41 bits per heavy atom. The summed E-state index contributed by atoms with van der Waals surface area (Å²) in [6, 6.07) is 26.8. The molecular weight excluding hydrogens is 691 g/mol. The molecule has 0 amide bonds. The molecule has 9 heteroatoms. The Morgan fingerprint density at radius 1 is 0.732 bits per heavy atom. The number of amidine groups is 1. The first-order valence-corrected chi connectivity index (χ1v) is 19.2. The van der Waals surface area contributed by atoms with Gasteiger partial charge in [0, 0.05) is 46.7 Å². The van der Waals surface area contributed by atoms with Gasteiger partial charge >= 0.3 is 0 Å². The molecule has 0 spiro atoms. The van der Waals surface area contributed by atoms with Crippen molar-refractivity contribution in [3.63, 3.8) is 0 Å². The van der Waals surface area contributed by atoms with E-state index in [0.717, 1.165) is 104 Å². The second-order valence-corrected chi connectivity index (χ2v) is 14.8. The molecule has 2 aromatic carbocycles. The van der Waals surface area contributed by atoms with Crippen LogP contribution in [0.2, 0.25) is 0 Å². The Bertz CT molecular complexity index is 2830. The van der Waals surface area contributed by atoms with Crippen LogP contribution < -0.4 is 5.32 Å². The number of fused-ring (bicyclic) bond motifs is 2. The lowest BCUT2D eigenvalue weighted by Crippen LogP contribution is -2.25. The molecule has 0 saturated carbocycles. The van der Waals surface area contributed by atoms with Crippen molar-refractivity contribution in [2.45, 2.75) is 53.9 Å². The Morgan fingerprint density at radius 3 is 2.12 bits per heavy atom. The quantitative estimate of drug-likeness (QED) is 0.129. The van der Waals surface area contributed by atoms with E-state index in [2.05, 4.69) is 114 Å². The first-order valence-electron chi connectivity index (χ1n) is 19.2. The Hall–Kier alpha value is -6.74. The van der Waals surface area contributed by atoms with Crippen LogP contribution in [0.15, 0.2) is 144 Å². The summed E-state index contributed by atoms with van der Waals surface area (Å²) >= 11 is 0. The third-order valence-electron chi connectivity index (χ3n) is 11.0. The molecule has 1 atom stereocenters. The predicted octanol–water partition coefficient (Wildman–Crippen LogP) is 10.6. The molecule has 0 saturated heterocycles. The lowest BCUT2D eigenvalue weighted by molar-refractivity contribution is 0.684. The van der Waals surface area contributed by atoms with E-state index in [1.54, 1.807) is 6.20 Å². The molecule has 5 aromatic heterocycles. The first kappa shape index (κ1) is 35.0. The summed E-state index contributed by atoms with van der Waals surface area (Å²) in [7, 11) is 0. The van der Waals surface area contributed by atoms with Gasteiger partial charge < -0.3 is 5.32 Å². The van der Waals surface area contributed by atoms with E-state index in [-0.39, 0.29) is 0 Å². The van der Waals surface area contributed by atoms with E-state index >= 15 is 0 Å². The van der Waals surface area contributed by atoms with Gasteiger partial charge in [0.25, 0.3) is 0 Å². The average molecular weight is 734 g/mol. The van der Waals surface area contributed by atoms with Crippen molar-refractivity contribution in [3.05, 3.63) is 155 Å². The van der Waals surface area contributed by atoms with Gasteiger partial charge in [-0.05, 0) is 142 Å². The zero-order valence-corrected chi connectivity index (χ0v) is 32.3. The number of hydrogen-bond donors (Lipinski definition) is 1. The van der Waals surface area contributed by atoms with Crippen LogP contribution in [0.5, 0.6) is 0 Å². The van der Waals surface area contributed by atoms with Crippen LogP contribution in [-0.4, -0.2) is 39.9 Å². The van der Waals surface area contributed by atoms with E-state index in [9.17, 15) is 0 Å². The van der Waals surface area contributed by atoms with Gasteiger partial charge in [0.1, 0.15) is 28.5 Å². The number of nitrogens with one attached hydrogen (secondary N) is 1. The molecule has 0 bridgehead atoms. The van der Waals surface area contributed by atoms with E-state index in [4.69, 9.17) is 24.9 Å². The Balaban J connectivity index is 1.37. The molecule has 0 fully saturated rings. The molecular formula is C47H43N9. The number of hydrogen-bond acceptors (Lipinski definition) is 6. The van der Waals surface area contributed by atoms with Crippen molar-refractivity contribution < 1.29 is 0 Å². The molecule has 2 aliphatic rings. The van der Waals surface area contributed by atoms with Crippen LogP contribution in [0.25, 0.3) is 56.5 Å². The van der Waals surface area contributed by atoms with Crippen molar-refractivity contribution in [2.24, 2.45) is 10.9 Å². The normalized spacial score (nSPS) is 16.1. The SMILES string of the molecule is CC1=C(NC(=Nc2cccnc2C)c2cc(-c3nc4cccnc4n3C3=C(C)[C@H](C)CC=C3)cc(-c3nc4cccnc4n3-c3ccccc3C)c2)C=CCC1. The van der Waals surface area contributed by atoms with Gasteiger partial charge in [-0.3, -0.25) is 14.1 Å². The van der Waals surface area contributed by atoms with E-state index in [0.29, 0.717) is 11.8 Å². The highest BCUT2D eigenvalue weighted by Crippen LogP contribution is 2.37. The highest BCUT2D eigenvalue weighted by Gasteiger charge is 2.25. The van der Waals surface area contributed by atoms with E-state index in [1.807, 2.05) is 55.7 Å². The molecule has 9 rings (SSSR count). The number of pyridine rings is 3. The number of aliphatic imine (C=N–C) groups is 1. The fourth-order valence-corrected chi connectivity index (χ4v) is 7.63. The van der Waals surface area contributed by atoms with Crippen LogP contribution in [0, 0.1) is 19.8 Å². The van der Waals surface area contributed by atoms with E-state index < -0.39 is 0 Å². The Kier molecular flexibility index (Phi) is 9.05. The standard InChI is InChI=1S/C47H43N9/c1-29-16-10-22-42(32(29)4)56-45(54-40-20-13-25-50-47(40)56)36-27-34(43(51-37-17-8-6-14-30(37)2)52-38-18-11-23-48-33(38)5)26-35(28-36)44-53-39-19-12-24-49-46(39)55(44)41-21-9-7-15-31(41)3/h7-13,15,17-29H,6,14,16H2,1-5H3,(H,51,52)/t29-/m1/s1. The summed E-state index contributed by atoms with van der Waals surface area (Å²) in [6.45, 7) is 10.8. The highest BCUT2D eigenvalue weighted by atomic mass is 15.1.